The number of hydrazine groups is 1. The van der Waals surface area contributed by atoms with E-state index in [9.17, 15) is 9.18 Å². The number of benzene rings is 1. The second kappa shape index (κ2) is 5.31. The summed E-state index contributed by atoms with van der Waals surface area (Å²) in [5, 5.41) is 0. The lowest BCUT2D eigenvalue weighted by Gasteiger charge is -2.07. The van der Waals surface area contributed by atoms with Gasteiger partial charge in [-0.05, 0) is 24.6 Å². The fourth-order valence-electron chi connectivity index (χ4n) is 1.05. The standard InChI is InChI=1S/C10H13FN2O2/c1-7-2-3-8(11)9(6-7)15-5-4-10(14)13-12/h2-3,6H,4-5,12H2,1H3,(H,13,14). The number of nitrogens with one attached hydrogen (secondary N) is 1. The summed E-state index contributed by atoms with van der Waals surface area (Å²) >= 11 is 0. The molecule has 0 spiro atoms. The molecule has 0 saturated heterocycles. The number of nitrogens with two attached hydrogens (primary N) is 1. The molecule has 0 bridgehead atoms. The van der Waals surface area contributed by atoms with Crippen molar-refractivity contribution in [1.29, 1.82) is 0 Å². The third kappa shape index (κ3) is 3.55. The van der Waals surface area contributed by atoms with Crippen LogP contribution in [0.3, 0.4) is 0 Å². The minimum absolute atomic E-state index is 0.101. The minimum Gasteiger partial charge on any atom is -0.490 e. The van der Waals surface area contributed by atoms with Crippen molar-refractivity contribution in [2.24, 2.45) is 5.84 Å². The van der Waals surface area contributed by atoms with Crippen molar-refractivity contribution in [1.82, 2.24) is 5.43 Å². The van der Waals surface area contributed by atoms with Gasteiger partial charge in [0, 0.05) is 0 Å². The summed E-state index contributed by atoms with van der Waals surface area (Å²) in [7, 11) is 0. The number of halogens is 1. The molecule has 0 atom stereocenters. The number of hydrogen-bond acceptors (Lipinski definition) is 3. The number of amides is 1. The topological polar surface area (TPSA) is 64.3 Å². The van der Waals surface area contributed by atoms with E-state index in [-0.39, 0.29) is 24.7 Å². The first-order valence-corrected chi connectivity index (χ1v) is 4.52. The van der Waals surface area contributed by atoms with Crippen LogP contribution in [-0.2, 0) is 4.79 Å². The highest BCUT2D eigenvalue weighted by Crippen LogP contribution is 2.18. The average Bonchev–Trinajstić information content (AvgIpc) is 2.23. The van der Waals surface area contributed by atoms with E-state index < -0.39 is 5.82 Å². The highest BCUT2D eigenvalue weighted by molar-refractivity contribution is 5.75. The molecule has 5 heteroatoms. The predicted octanol–water partition coefficient (Wildman–Crippen LogP) is 0.893. The van der Waals surface area contributed by atoms with Crippen LogP contribution in [0.2, 0.25) is 0 Å². The van der Waals surface area contributed by atoms with Gasteiger partial charge in [-0.25, -0.2) is 10.2 Å². The first kappa shape index (κ1) is 11.5. The third-order valence-corrected chi connectivity index (χ3v) is 1.83. The van der Waals surface area contributed by atoms with Crippen LogP contribution in [0.15, 0.2) is 18.2 Å². The smallest absolute Gasteiger partial charge is 0.237 e. The Kier molecular flexibility index (Phi) is 4.05. The first-order valence-electron chi connectivity index (χ1n) is 4.52. The Morgan fingerprint density at radius 1 is 1.60 bits per heavy atom. The molecule has 0 aromatic heterocycles. The second-order valence-electron chi connectivity index (χ2n) is 3.10. The Hall–Kier alpha value is -1.62. The highest BCUT2D eigenvalue weighted by atomic mass is 19.1. The maximum absolute atomic E-state index is 13.1. The van der Waals surface area contributed by atoms with Crippen LogP contribution >= 0.6 is 0 Å². The van der Waals surface area contributed by atoms with Gasteiger partial charge in [-0.15, -0.1) is 0 Å². The molecule has 4 nitrogen and oxygen atoms in total. The monoisotopic (exact) mass is 212 g/mol. The molecular weight excluding hydrogens is 199 g/mol. The molecule has 82 valence electrons. The number of carbonyl (C=O) groups is 1. The molecule has 0 aliphatic heterocycles. The number of hydrogen-bond donors (Lipinski definition) is 2. The highest BCUT2D eigenvalue weighted by Gasteiger charge is 2.04. The first-order chi connectivity index (χ1) is 7.13. The van der Waals surface area contributed by atoms with Gasteiger partial charge >= 0.3 is 0 Å². The summed E-state index contributed by atoms with van der Waals surface area (Å²) in [5.41, 5.74) is 2.86. The van der Waals surface area contributed by atoms with Crippen LogP contribution in [0.5, 0.6) is 5.75 Å². The Balaban J connectivity index is 2.50. The van der Waals surface area contributed by atoms with E-state index in [1.807, 2.05) is 12.3 Å². The van der Waals surface area contributed by atoms with Crippen molar-refractivity contribution < 1.29 is 13.9 Å². The SMILES string of the molecule is Cc1ccc(F)c(OCCC(=O)NN)c1. The lowest BCUT2D eigenvalue weighted by atomic mass is 10.2. The summed E-state index contributed by atoms with van der Waals surface area (Å²) in [6.07, 6.45) is 0.101. The van der Waals surface area contributed by atoms with Gasteiger partial charge in [0.2, 0.25) is 5.91 Å². The summed E-state index contributed by atoms with van der Waals surface area (Å²) in [6, 6.07) is 4.55. The van der Waals surface area contributed by atoms with Crippen molar-refractivity contribution in [3.05, 3.63) is 29.6 Å². The molecule has 0 radical (unpaired) electrons. The average molecular weight is 212 g/mol. The number of carbonyl (C=O) groups excluding carboxylic acids is 1. The quantitative estimate of drug-likeness (QED) is 0.442. The van der Waals surface area contributed by atoms with Gasteiger partial charge in [0.25, 0.3) is 0 Å². The number of ether oxygens (including phenoxy) is 1. The van der Waals surface area contributed by atoms with E-state index in [1.54, 1.807) is 12.1 Å². The van der Waals surface area contributed by atoms with Crippen LogP contribution < -0.4 is 16.0 Å². The molecule has 0 heterocycles. The molecule has 1 aromatic carbocycles. The fourth-order valence-corrected chi connectivity index (χ4v) is 1.05. The van der Waals surface area contributed by atoms with E-state index in [4.69, 9.17) is 10.6 Å². The van der Waals surface area contributed by atoms with Gasteiger partial charge in [-0.3, -0.25) is 10.2 Å². The minimum atomic E-state index is -0.436. The lowest BCUT2D eigenvalue weighted by Crippen LogP contribution is -2.31. The van der Waals surface area contributed by atoms with Crippen molar-refractivity contribution in [3.63, 3.8) is 0 Å². The molecule has 15 heavy (non-hydrogen) atoms. The van der Waals surface area contributed by atoms with E-state index in [1.165, 1.54) is 6.07 Å². The van der Waals surface area contributed by atoms with Crippen molar-refractivity contribution >= 4 is 5.91 Å². The lowest BCUT2D eigenvalue weighted by molar-refractivity contribution is -0.121. The molecule has 0 unspecified atom stereocenters. The Morgan fingerprint density at radius 3 is 3.00 bits per heavy atom. The van der Waals surface area contributed by atoms with E-state index in [0.717, 1.165) is 5.56 Å². The van der Waals surface area contributed by atoms with Crippen molar-refractivity contribution in [2.45, 2.75) is 13.3 Å². The van der Waals surface area contributed by atoms with Crippen LogP contribution in [0, 0.1) is 12.7 Å². The van der Waals surface area contributed by atoms with Crippen molar-refractivity contribution in [2.75, 3.05) is 6.61 Å². The van der Waals surface area contributed by atoms with Gasteiger partial charge in [0.1, 0.15) is 0 Å². The zero-order chi connectivity index (χ0) is 11.3. The summed E-state index contributed by atoms with van der Waals surface area (Å²) in [4.78, 5) is 10.7. The zero-order valence-corrected chi connectivity index (χ0v) is 8.42. The molecule has 0 aliphatic carbocycles. The third-order valence-electron chi connectivity index (χ3n) is 1.83. The van der Waals surface area contributed by atoms with Crippen molar-refractivity contribution in [3.8, 4) is 5.75 Å². The largest absolute Gasteiger partial charge is 0.490 e. The summed E-state index contributed by atoms with van der Waals surface area (Å²) in [6.45, 7) is 1.93. The van der Waals surface area contributed by atoms with E-state index in [0.29, 0.717) is 0 Å². The van der Waals surface area contributed by atoms with E-state index >= 15 is 0 Å². The predicted molar refractivity (Wildman–Crippen MR) is 53.6 cm³/mol. The van der Waals surface area contributed by atoms with Gasteiger partial charge in [-0.2, -0.15) is 0 Å². The molecule has 0 fully saturated rings. The molecule has 1 aromatic rings. The van der Waals surface area contributed by atoms with Gasteiger partial charge in [0.15, 0.2) is 11.6 Å². The normalized spacial score (nSPS) is 9.80. The molecular formula is C10H13FN2O2. The maximum atomic E-state index is 13.1. The Bertz CT molecular complexity index is 355. The Morgan fingerprint density at radius 2 is 2.33 bits per heavy atom. The van der Waals surface area contributed by atoms with Gasteiger partial charge in [0.05, 0.1) is 13.0 Å². The van der Waals surface area contributed by atoms with Crippen LogP contribution in [0.1, 0.15) is 12.0 Å². The summed E-state index contributed by atoms with van der Waals surface area (Å²) in [5.74, 6) is 4.25. The van der Waals surface area contributed by atoms with Crippen LogP contribution in [0.25, 0.3) is 0 Å². The molecule has 1 amide bonds. The summed E-state index contributed by atoms with van der Waals surface area (Å²) < 4.78 is 18.2. The molecule has 1 rings (SSSR count). The molecule has 3 N–H and O–H groups in total. The fraction of sp³-hybridized carbons (Fsp3) is 0.300. The van der Waals surface area contributed by atoms with Crippen LogP contribution in [0.4, 0.5) is 4.39 Å². The van der Waals surface area contributed by atoms with Gasteiger partial charge in [-0.1, -0.05) is 6.07 Å². The van der Waals surface area contributed by atoms with Crippen LogP contribution in [-0.4, -0.2) is 12.5 Å². The molecule has 0 saturated carbocycles. The number of rotatable bonds is 4. The molecule has 0 aliphatic rings. The second-order valence-corrected chi connectivity index (χ2v) is 3.10. The van der Waals surface area contributed by atoms with Gasteiger partial charge < -0.3 is 4.74 Å². The zero-order valence-electron chi connectivity index (χ0n) is 8.42. The maximum Gasteiger partial charge on any atom is 0.237 e. The Labute approximate surface area is 87.2 Å². The van der Waals surface area contributed by atoms with E-state index in [2.05, 4.69) is 0 Å². The number of aryl methyl sites for hydroxylation is 1.